The van der Waals surface area contributed by atoms with Crippen LogP contribution in [-0.4, -0.2) is 70.1 Å². The summed E-state index contributed by atoms with van der Waals surface area (Å²) < 4.78 is 51.5. The second kappa shape index (κ2) is 10.3. The van der Waals surface area contributed by atoms with E-state index in [1.165, 1.54) is 12.1 Å². The third-order valence-electron chi connectivity index (χ3n) is 6.70. The van der Waals surface area contributed by atoms with Crippen LogP contribution < -0.4 is 10.2 Å². The Labute approximate surface area is 202 Å². The molecule has 2 fully saturated rings. The van der Waals surface area contributed by atoms with Crippen LogP contribution in [-0.2, 0) is 12.7 Å². The van der Waals surface area contributed by atoms with E-state index in [1.807, 2.05) is 18.7 Å². The van der Waals surface area contributed by atoms with Crippen molar-refractivity contribution in [1.82, 2.24) is 25.1 Å². The van der Waals surface area contributed by atoms with E-state index in [0.29, 0.717) is 18.9 Å². The van der Waals surface area contributed by atoms with Crippen LogP contribution in [0.1, 0.15) is 37.9 Å². The summed E-state index contributed by atoms with van der Waals surface area (Å²) >= 11 is 0. The zero-order chi connectivity index (χ0) is 25.2. The van der Waals surface area contributed by atoms with Crippen molar-refractivity contribution in [3.63, 3.8) is 0 Å². The smallest absolute Gasteiger partial charge is 0.349 e. The number of hydrogen-bond acceptors (Lipinski definition) is 5. The van der Waals surface area contributed by atoms with Crippen molar-refractivity contribution in [1.29, 1.82) is 0 Å². The number of anilines is 1. The van der Waals surface area contributed by atoms with E-state index in [9.17, 15) is 22.4 Å². The van der Waals surface area contributed by atoms with E-state index in [0.717, 1.165) is 50.4 Å². The van der Waals surface area contributed by atoms with Crippen molar-refractivity contribution in [2.75, 3.05) is 31.1 Å². The van der Waals surface area contributed by atoms with E-state index in [-0.39, 0.29) is 30.0 Å². The monoisotopic (exact) mass is 494 g/mol. The number of piperazine rings is 1. The largest absolute Gasteiger partial charge is 0.434 e. The van der Waals surface area contributed by atoms with Crippen molar-refractivity contribution >= 4 is 11.8 Å². The molecular formula is C24H30F4N6O. The number of urea groups is 1. The van der Waals surface area contributed by atoms with Crippen molar-refractivity contribution in [2.24, 2.45) is 0 Å². The molecular weight excluding hydrogens is 464 g/mol. The average molecular weight is 495 g/mol. The topological polar surface area (TPSA) is 64.6 Å². The van der Waals surface area contributed by atoms with Gasteiger partial charge in [0.2, 0.25) is 0 Å². The maximum absolute atomic E-state index is 13.1. The zero-order valence-electron chi connectivity index (χ0n) is 19.8. The standard InChI is InChI=1S/C24H30F4N6O/c1-16-14-34(17(2)13-33(16)22-12-29-21(11-30-22)24(26,27)28)23(35)31-20-7-9-32(10-8-20)15-18-3-5-19(25)6-4-18/h3-6,11-12,16-17,20H,7-10,13-15H2,1-2H3,(H,31,35)/t16-,17+/m0/s1. The molecule has 35 heavy (non-hydrogen) atoms. The summed E-state index contributed by atoms with van der Waals surface area (Å²) in [5.41, 5.74) is 0.0379. The first-order valence-corrected chi connectivity index (χ1v) is 11.8. The molecule has 2 amide bonds. The quantitative estimate of drug-likeness (QED) is 0.653. The van der Waals surface area contributed by atoms with Gasteiger partial charge in [0.25, 0.3) is 0 Å². The second-order valence-corrected chi connectivity index (χ2v) is 9.39. The Kier molecular flexibility index (Phi) is 7.44. The number of piperidine rings is 1. The van der Waals surface area contributed by atoms with Crippen LogP contribution in [0.4, 0.5) is 28.2 Å². The van der Waals surface area contributed by atoms with Gasteiger partial charge in [-0.2, -0.15) is 13.2 Å². The molecule has 2 aliphatic rings. The third-order valence-corrected chi connectivity index (χ3v) is 6.70. The van der Waals surface area contributed by atoms with Gasteiger partial charge in [0.1, 0.15) is 11.6 Å². The van der Waals surface area contributed by atoms with Crippen LogP contribution >= 0.6 is 0 Å². The average Bonchev–Trinajstić information content (AvgIpc) is 2.82. The molecule has 0 saturated carbocycles. The fraction of sp³-hybridized carbons (Fsp3) is 0.542. The van der Waals surface area contributed by atoms with Gasteiger partial charge in [0, 0.05) is 50.8 Å². The molecule has 2 atom stereocenters. The number of carbonyl (C=O) groups is 1. The van der Waals surface area contributed by atoms with Gasteiger partial charge < -0.3 is 15.1 Å². The Hall–Kier alpha value is -2.95. The highest BCUT2D eigenvalue weighted by Crippen LogP contribution is 2.28. The number of nitrogens with one attached hydrogen (secondary N) is 1. The minimum absolute atomic E-state index is 0.0771. The lowest BCUT2D eigenvalue weighted by atomic mass is 10.0. The number of aromatic nitrogens is 2. The number of halogens is 4. The van der Waals surface area contributed by atoms with E-state index in [1.54, 1.807) is 17.0 Å². The summed E-state index contributed by atoms with van der Waals surface area (Å²) in [7, 11) is 0. The number of carbonyl (C=O) groups excluding carboxylic acids is 1. The highest BCUT2D eigenvalue weighted by atomic mass is 19.4. The van der Waals surface area contributed by atoms with Gasteiger partial charge in [-0.25, -0.2) is 19.2 Å². The molecule has 0 radical (unpaired) electrons. The first kappa shape index (κ1) is 25.2. The molecule has 0 spiro atoms. The first-order chi connectivity index (χ1) is 16.6. The molecule has 2 aliphatic heterocycles. The lowest BCUT2D eigenvalue weighted by Gasteiger charge is -2.45. The zero-order valence-corrected chi connectivity index (χ0v) is 19.8. The second-order valence-electron chi connectivity index (χ2n) is 9.39. The number of nitrogens with zero attached hydrogens (tertiary/aromatic N) is 5. The Morgan fingerprint density at radius 2 is 1.71 bits per heavy atom. The van der Waals surface area contributed by atoms with Crippen LogP contribution in [0.25, 0.3) is 0 Å². The fourth-order valence-electron chi connectivity index (χ4n) is 4.69. The van der Waals surface area contributed by atoms with Gasteiger partial charge in [-0.1, -0.05) is 12.1 Å². The molecule has 0 aliphatic carbocycles. The lowest BCUT2D eigenvalue weighted by Crippen LogP contribution is -2.61. The summed E-state index contributed by atoms with van der Waals surface area (Å²) in [5.74, 6) is 0.123. The van der Waals surface area contributed by atoms with Crippen molar-refractivity contribution < 1.29 is 22.4 Å². The van der Waals surface area contributed by atoms with Crippen molar-refractivity contribution in [3.8, 4) is 0 Å². The molecule has 2 saturated heterocycles. The Bertz CT molecular complexity index is 993. The van der Waals surface area contributed by atoms with Crippen LogP contribution in [0.5, 0.6) is 0 Å². The van der Waals surface area contributed by atoms with Crippen molar-refractivity contribution in [3.05, 3.63) is 53.7 Å². The summed E-state index contributed by atoms with van der Waals surface area (Å²) in [6.07, 6.45) is -0.982. The number of hydrogen-bond donors (Lipinski definition) is 1. The summed E-state index contributed by atoms with van der Waals surface area (Å²) in [5, 5.41) is 3.15. The molecule has 7 nitrogen and oxygen atoms in total. The molecule has 2 aromatic rings. The molecule has 1 aromatic carbocycles. The normalized spacial score (nSPS) is 22.3. The van der Waals surface area contributed by atoms with Crippen LogP contribution in [0.2, 0.25) is 0 Å². The predicted octanol–water partition coefficient (Wildman–Crippen LogP) is 3.91. The van der Waals surface area contributed by atoms with E-state index >= 15 is 0 Å². The summed E-state index contributed by atoms with van der Waals surface area (Å²) in [6, 6.07) is 6.20. The van der Waals surface area contributed by atoms with Gasteiger partial charge >= 0.3 is 12.2 Å². The number of amides is 2. The molecule has 4 rings (SSSR count). The maximum atomic E-state index is 13.1. The SMILES string of the molecule is C[C@@H]1CN(c2cnc(C(F)(F)F)cn2)[C@@H](C)CN1C(=O)NC1CCN(Cc2ccc(F)cc2)CC1. The molecule has 1 N–H and O–H groups in total. The first-order valence-electron chi connectivity index (χ1n) is 11.8. The van der Waals surface area contributed by atoms with Crippen molar-refractivity contribution in [2.45, 2.75) is 57.5 Å². The van der Waals surface area contributed by atoms with E-state index in [2.05, 4.69) is 20.2 Å². The van der Waals surface area contributed by atoms with Gasteiger partial charge in [-0.15, -0.1) is 0 Å². The predicted molar refractivity (Wildman–Crippen MR) is 123 cm³/mol. The number of benzene rings is 1. The molecule has 0 unspecified atom stereocenters. The van der Waals surface area contributed by atoms with Gasteiger partial charge in [-0.3, -0.25) is 4.90 Å². The number of alkyl halides is 3. The molecule has 11 heteroatoms. The lowest BCUT2D eigenvalue weighted by molar-refractivity contribution is -0.141. The molecule has 3 heterocycles. The minimum Gasteiger partial charge on any atom is -0.349 e. The number of rotatable bonds is 4. The van der Waals surface area contributed by atoms with Crippen LogP contribution in [0.15, 0.2) is 36.7 Å². The van der Waals surface area contributed by atoms with Gasteiger partial charge in [-0.05, 0) is 44.4 Å². The Balaban J connectivity index is 1.27. The Morgan fingerprint density at radius 3 is 2.31 bits per heavy atom. The van der Waals surface area contributed by atoms with Crippen LogP contribution in [0, 0.1) is 5.82 Å². The molecule has 0 bridgehead atoms. The van der Waals surface area contributed by atoms with Crippen LogP contribution in [0.3, 0.4) is 0 Å². The minimum atomic E-state index is -4.53. The highest BCUT2D eigenvalue weighted by molar-refractivity contribution is 5.75. The van der Waals surface area contributed by atoms with Gasteiger partial charge in [0.05, 0.1) is 12.4 Å². The van der Waals surface area contributed by atoms with E-state index < -0.39 is 11.9 Å². The van der Waals surface area contributed by atoms with Gasteiger partial charge in [0.15, 0.2) is 5.69 Å². The fourth-order valence-corrected chi connectivity index (χ4v) is 4.69. The molecule has 190 valence electrons. The maximum Gasteiger partial charge on any atom is 0.434 e. The summed E-state index contributed by atoms with van der Waals surface area (Å²) in [4.78, 5) is 26.5. The third kappa shape index (κ3) is 6.19. The highest BCUT2D eigenvalue weighted by Gasteiger charge is 2.36. The van der Waals surface area contributed by atoms with E-state index in [4.69, 9.17) is 0 Å². The Morgan fingerprint density at radius 1 is 1.03 bits per heavy atom. The molecule has 1 aromatic heterocycles. The summed E-state index contributed by atoms with van der Waals surface area (Å²) in [6.45, 7) is 7.15. The number of likely N-dealkylation sites (tertiary alicyclic amines) is 1.